The van der Waals surface area contributed by atoms with Crippen molar-refractivity contribution in [3.8, 4) is 5.75 Å². The Morgan fingerprint density at radius 1 is 1.20 bits per heavy atom. The number of nitrogens with two attached hydrogens (primary N) is 1. The van der Waals surface area contributed by atoms with Gasteiger partial charge in [0.1, 0.15) is 22.8 Å². The van der Waals surface area contributed by atoms with Crippen LogP contribution in [0.2, 0.25) is 0 Å². The van der Waals surface area contributed by atoms with Crippen LogP contribution in [0.4, 0.5) is 0 Å². The van der Waals surface area contributed by atoms with Crippen molar-refractivity contribution in [1.82, 2.24) is 4.90 Å². The molecule has 0 radical (unpaired) electrons. The maximum Gasteiger partial charge on any atom is 0.255 e. The Labute approximate surface area is 216 Å². The molecule has 6 N–H and O–H groups in total. The largest absolute Gasteiger partial charge is 0.508 e. The molecule has 1 saturated carbocycles. The van der Waals surface area contributed by atoms with Crippen LogP contribution in [0.15, 0.2) is 23.0 Å². The van der Waals surface area contributed by atoms with Gasteiger partial charge in [-0.05, 0) is 72.5 Å². The molecule has 3 aliphatic carbocycles. The molecule has 0 spiro atoms. The van der Waals surface area contributed by atoms with Crippen LogP contribution in [-0.4, -0.2) is 68.5 Å². The summed E-state index contributed by atoms with van der Waals surface area (Å²) in [5, 5.41) is 45.0. The van der Waals surface area contributed by atoms with Crippen molar-refractivity contribution in [2.45, 2.75) is 50.7 Å². The van der Waals surface area contributed by atoms with Crippen molar-refractivity contribution >= 4 is 45.8 Å². The van der Waals surface area contributed by atoms with Crippen LogP contribution in [0.25, 0.3) is 5.76 Å². The summed E-state index contributed by atoms with van der Waals surface area (Å²) in [6.45, 7) is 5.73. The highest BCUT2D eigenvalue weighted by Gasteiger charge is 2.64. The van der Waals surface area contributed by atoms with Gasteiger partial charge in [-0.1, -0.05) is 20.8 Å². The van der Waals surface area contributed by atoms with Gasteiger partial charge in [-0.2, -0.15) is 0 Å². The first-order valence-electron chi connectivity index (χ1n) is 11.2. The summed E-state index contributed by atoms with van der Waals surface area (Å²) in [4.78, 5) is 40.5. The lowest BCUT2D eigenvalue weighted by Gasteiger charge is -2.50. The van der Waals surface area contributed by atoms with E-state index in [1.807, 2.05) is 26.8 Å². The monoisotopic (exact) mass is 596 g/mol. The Balaban J connectivity index is 2.00. The number of ketones is 2. The van der Waals surface area contributed by atoms with Gasteiger partial charge in [-0.3, -0.25) is 19.3 Å². The Hall–Kier alpha value is -2.44. The van der Waals surface area contributed by atoms with Gasteiger partial charge in [0.05, 0.1) is 11.6 Å². The minimum Gasteiger partial charge on any atom is -0.508 e. The number of aliphatic hydroxyl groups is 3. The van der Waals surface area contributed by atoms with E-state index in [1.54, 1.807) is 14.1 Å². The number of rotatable bonds is 2. The lowest BCUT2D eigenvalue weighted by Crippen LogP contribution is -2.65. The Kier molecular flexibility index (Phi) is 5.89. The van der Waals surface area contributed by atoms with Crippen LogP contribution in [0.1, 0.15) is 43.9 Å². The minimum atomic E-state index is -2.63. The lowest BCUT2D eigenvalue weighted by molar-refractivity contribution is -0.153. The van der Waals surface area contributed by atoms with Gasteiger partial charge in [0, 0.05) is 20.6 Å². The van der Waals surface area contributed by atoms with Crippen molar-refractivity contribution < 1.29 is 34.8 Å². The molecular weight excluding hydrogens is 567 g/mol. The number of phenols is 1. The van der Waals surface area contributed by atoms with Crippen LogP contribution in [0.5, 0.6) is 5.75 Å². The molecule has 1 amide bonds. The summed E-state index contributed by atoms with van der Waals surface area (Å²) in [6.07, 6.45) is 0.356. The molecule has 0 bridgehead atoms. The molecule has 188 valence electrons. The number of primary amides is 1. The fourth-order valence-corrected chi connectivity index (χ4v) is 6.64. The van der Waals surface area contributed by atoms with Crippen LogP contribution in [0.3, 0.4) is 0 Å². The second-order valence-corrected chi connectivity index (χ2v) is 12.0. The van der Waals surface area contributed by atoms with Crippen molar-refractivity contribution in [2.75, 3.05) is 14.1 Å². The number of Topliss-reactive ketones (excluding diaryl/α,β-unsaturated/α-hetero) is 2. The van der Waals surface area contributed by atoms with Crippen molar-refractivity contribution in [3.05, 3.63) is 43.2 Å². The summed E-state index contributed by atoms with van der Waals surface area (Å²) >= 11 is 2.14. The smallest absolute Gasteiger partial charge is 0.255 e. The highest BCUT2D eigenvalue weighted by atomic mass is 127. The molecule has 35 heavy (non-hydrogen) atoms. The first kappa shape index (κ1) is 25.6. The minimum absolute atomic E-state index is 0.0730. The normalized spacial score (nSPS) is 28.7. The van der Waals surface area contributed by atoms with E-state index < -0.39 is 63.5 Å². The van der Waals surface area contributed by atoms with E-state index in [4.69, 9.17) is 5.73 Å². The van der Waals surface area contributed by atoms with E-state index in [0.717, 1.165) is 3.57 Å². The number of phenolic OH excluding ortho intramolecular Hbond substituents is 1. The summed E-state index contributed by atoms with van der Waals surface area (Å²) in [5.74, 6) is -6.39. The number of hydrogen-bond donors (Lipinski definition) is 5. The van der Waals surface area contributed by atoms with Gasteiger partial charge in [-0.15, -0.1) is 0 Å². The van der Waals surface area contributed by atoms with Crippen LogP contribution in [-0.2, 0) is 26.2 Å². The summed E-state index contributed by atoms with van der Waals surface area (Å²) in [6, 6.07) is 0.761. The number of aromatic hydroxyl groups is 1. The number of benzene rings is 1. The van der Waals surface area contributed by atoms with Gasteiger partial charge in [-0.25, -0.2) is 0 Å². The van der Waals surface area contributed by atoms with Gasteiger partial charge in [0.2, 0.25) is 5.78 Å². The first-order chi connectivity index (χ1) is 16.0. The summed E-state index contributed by atoms with van der Waals surface area (Å²) in [7, 11) is 3.14. The molecule has 10 heteroatoms. The van der Waals surface area contributed by atoms with Gasteiger partial charge in [0.15, 0.2) is 11.4 Å². The molecular formula is C25H29IN2O7. The second-order valence-electron chi connectivity index (χ2n) is 10.8. The molecule has 0 saturated heterocycles. The van der Waals surface area contributed by atoms with E-state index in [1.165, 1.54) is 4.90 Å². The third-order valence-electron chi connectivity index (χ3n) is 7.47. The van der Waals surface area contributed by atoms with Crippen molar-refractivity contribution in [2.24, 2.45) is 17.6 Å². The molecule has 0 heterocycles. The number of aliphatic hydroxyl groups excluding tert-OH is 2. The third-order valence-corrected chi connectivity index (χ3v) is 8.44. The highest BCUT2D eigenvalue weighted by Crippen LogP contribution is 2.54. The molecule has 3 aliphatic rings. The van der Waals surface area contributed by atoms with E-state index >= 15 is 0 Å². The zero-order valence-corrected chi connectivity index (χ0v) is 22.3. The van der Waals surface area contributed by atoms with E-state index in [9.17, 15) is 34.8 Å². The number of likely N-dealkylation sites (N-methyl/N-ethyl adjacent to an activating group) is 1. The van der Waals surface area contributed by atoms with Gasteiger partial charge >= 0.3 is 0 Å². The van der Waals surface area contributed by atoms with Crippen molar-refractivity contribution in [1.29, 1.82) is 0 Å². The number of carbonyl (C=O) groups is 3. The van der Waals surface area contributed by atoms with Gasteiger partial charge in [0.25, 0.3) is 5.91 Å². The number of hydrogen-bond acceptors (Lipinski definition) is 8. The number of nitrogens with zero attached hydrogens (tertiary/aromatic N) is 1. The molecule has 9 nitrogen and oxygen atoms in total. The predicted molar refractivity (Wildman–Crippen MR) is 136 cm³/mol. The molecule has 0 unspecified atom stereocenters. The predicted octanol–water partition coefficient (Wildman–Crippen LogP) is 1.87. The number of fused-ring (bicyclic) bond motifs is 3. The average molecular weight is 596 g/mol. The van der Waals surface area contributed by atoms with Crippen LogP contribution >= 0.6 is 22.6 Å². The lowest BCUT2D eigenvalue weighted by atomic mass is 9.57. The fraction of sp³-hybridized carbons (Fsp3) is 0.480. The SMILES string of the molecule is CN(C)[C@H]1C(=O)C(C(N)=O)=C(O)[C@]2(O)C(=O)C3=C(O)c4c(O)c(C(C)(C)C)cc(I)c4C[C@@H]3C[C@H]12. The number of carbonyl (C=O) groups excluding carboxylic acids is 3. The van der Waals surface area contributed by atoms with Crippen LogP contribution < -0.4 is 5.73 Å². The fourth-order valence-electron chi connectivity index (χ4n) is 5.84. The summed E-state index contributed by atoms with van der Waals surface area (Å²) < 4.78 is 0.807. The Morgan fingerprint density at radius 3 is 2.31 bits per heavy atom. The maximum absolute atomic E-state index is 13.8. The quantitative estimate of drug-likeness (QED) is 0.256. The Bertz CT molecular complexity index is 1260. The summed E-state index contributed by atoms with van der Waals surface area (Å²) in [5.41, 5.74) is 2.66. The average Bonchev–Trinajstić information content (AvgIpc) is 2.71. The molecule has 4 atom stereocenters. The Morgan fingerprint density at radius 2 is 1.80 bits per heavy atom. The standard InChI is InChI=1S/C25H29IN2O7/c1-24(2,3)12-8-13(26)10-6-9-7-11-17(28(4)5)20(31)16(23(27)34)22(33)25(11,35)21(32)14(9)19(30)15(10)18(12)29/h8-9,11,17,29-30,33,35H,6-7H2,1-5H3,(H2,27,34)/t9-,11-,17-,25-/m1/s1. The van der Waals surface area contributed by atoms with Gasteiger partial charge < -0.3 is 26.2 Å². The van der Waals surface area contributed by atoms with Crippen molar-refractivity contribution in [3.63, 3.8) is 0 Å². The zero-order valence-electron chi connectivity index (χ0n) is 20.1. The molecule has 4 rings (SSSR count). The topological polar surface area (TPSA) is 161 Å². The molecule has 0 aromatic heterocycles. The van der Waals surface area contributed by atoms with E-state index in [2.05, 4.69) is 22.6 Å². The zero-order chi connectivity index (χ0) is 26.4. The van der Waals surface area contributed by atoms with Crippen LogP contribution in [0, 0.1) is 15.4 Å². The number of halogens is 1. The second kappa shape index (κ2) is 8.04. The molecule has 1 aromatic carbocycles. The van der Waals surface area contributed by atoms with E-state index in [-0.39, 0.29) is 29.7 Å². The number of amides is 1. The molecule has 1 aromatic rings. The maximum atomic E-state index is 13.8. The van der Waals surface area contributed by atoms with E-state index in [0.29, 0.717) is 11.1 Å². The highest BCUT2D eigenvalue weighted by molar-refractivity contribution is 14.1. The molecule has 0 aliphatic heterocycles. The first-order valence-corrected chi connectivity index (χ1v) is 12.3. The third kappa shape index (κ3) is 3.44. The molecule has 1 fully saturated rings.